The lowest BCUT2D eigenvalue weighted by molar-refractivity contribution is 0.0942. The molecule has 0 saturated carbocycles. The van der Waals surface area contributed by atoms with E-state index < -0.39 is 0 Å². The molecule has 0 spiro atoms. The maximum absolute atomic E-state index is 12.8. The van der Waals surface area contributed by atoms with Gasteiger partial charge in [0.1, 0.15) is 0 Å². The summed E-state index contributed by atoms with van der Waals surface area (Å²) in [7, 11) is 3.54. The van der Waals surface area contributed by atoms with Crippen LogP contribution in [-0.4, -0.2) is 42.2 Å². The Morgan fingerprint density at radius 1 is 1.08 bits per heavy atom. The topological polar surface area (TPSA) is 65.2 Å². The summed E-state index contributed by atoms with van der Waals surface area (Å²) in [6.45, 7) is 2.91. The molecule has 0 unspecified atom stereocenters. The first-order chi connectivity index (χ1) is 12.5. The molecule has 0 fully saturated rings. The molecule has 0 aliphatic rings. The third-order valence-corrected chi connectivity index (χ3v) is 4.48. The van der Waals surface area contributed by atoms with Gasteiger partial charge in [0.25, 0.3) is 5.91 Å². The molecule has 0 aliphatic heterocycles. The molecule has 2 N–H and O–H groups in total. The minimum atomic E-state index is -0.102. The number of hydrogen-bond donors (Lipinski definition) is 2. The largest absolute Gasteiger partial charge is 0.358 e. The van der Waals surface area contributed by atoms with Crippen LogP contribution in [0.25, 0.3) is 10.9 Å². The molecule has 26 heavy (non-hydrogen) atoms. The molecular weight excluding hydrogens is 326 g/mol. The summed E-state index contributed by atoms with van der Waals surface area (Å²) in [4.78, 5) is 29.7. The number of nitrogens with zero attached hydrogens (tertiary/aromatic N) is 1. The Bertz CT molecular complexity index is 942. The number of nitrogens with one attached hydrogen (secondary N) is 2. The van der Waals surface area contributed by atoms with Crippen LogP contribution in [0.4, 0.5) is 0 Å². The normalized spacial score (nSPS) is 11.1. The Hall–Kier alpha value is -2.92. The Morgan fingerprint density at radius 3 is 2.46 bits per heavy atom. The van der Waals surface area contributed by atoms with E-state index in [4.69, 9.17) is 0 Å². The van der Waals surface area contributed by atoms with Crippen molar-refractivity contribution in [2.24, 2.45) is 0 Å². The molecule has 2 aromatic carbocycles. The first-order valence-electron chi connectivity index (χ1n) is 8.59. The zero-order valence-corrected chi connectivity index (χ0v) is 15.3. The summed E-state index contributed by atoms with van der Waals surface area (Å²) in [6.07, 6.45) is 0. The van der Waals surface area contributed by atoms with Crippen molar-refractivity contribution in [3.05, 3.63) is 70.9 Å². The van der Waals surface area contributed by atoms with Gasteiger partial charge in [-0.3, -0.25) is 14.5 Å². The van der Waals surface area contributed by atoms with E-state index in [0.717, 1.165) is 27.7 Å². The van der Waals surface area contributed by atoms with Crippen LogP contribution in [0.5, 0.6) is 0 Å². The minimum Gasteiger partial charge on any atom is -0.358 e. The van der Waals surface area contributed by atoms with Gasteiger partial charge in [0.15, 0.2) is 5.78 Å². The lowest BCUT2D eigenvalue weighted by atomic mass is 10.1. The van der Waals surface area contributed by atoms with E-state index in [1.54, 1.807) is 19.2 Å². The van der Waals surface area contributed by atoms with Gasteiger partial charge in [-0.25, -0.2) is 0 Å². The Labute approximate surface area is 153 Å². The Morgan fingerprint density at radius 2 is 1.77 bits per heavy atom. The molecular formula is C21H23N3O2. The second kappa shape index (κ2) is 7.54. The quantitative estimate of drug-likeness (QED) is 0.672. The molecule has 1 heterocycles. The zero-order valence-electron chi connectivity index (χ0n) is 15.3. The van der Waals surface area contributed by atoms with E-state index in [9.17, 15) is 9.59 Å². The van der Waals surface area contributed by atoms with Crippen LogP contribution in [0, 0.1) is 6.92 Å². The van der Waals surface area contributed by atoms with Gasteiger partial charge >= 0.3 is 0 Å². The molecule has 1 aromatic heterocycles. The number of carbonyl (C=O) groups excluding carboxylic acids is 2. The highest BCUT2D eigenvalue weighted by Crippen LogP contribution is 2.22. The van der Waals surface area contributed by atoms with Gasteiger partial charge in [-0.1, -0.05) is 30.3 Å². The fraction of sp³-hybridized carbons (Fsp3) is 0.238. The molecule has 5 heteroatoms. The van der Waals surface area contributed by atoms with Crippen molar-refractivity contribution in [1.29, 1.82) is 0 Å². The molecule has 3 aromatic rings. The number of likely N-dealkylation sites (N-methyl/N-ethyl adjacent to an activating group) is 1. The Balaban J connectivity index is 1.69. The third-order valence-electron chi connectivity index (χ3n) is 4.48. The number of aromatic nitrogens is 1. The fourth-order valence-corrected chi connectivity index (χ4v) is 3.23. The number of benzene rings is 2. The number of ketones is 1. The summed E-state index contributed by atoms with van der Waals surface area (Å²) in [5.74, 6) is -0.000626. The van der Waals surface area contributed by atoms with Crippen molar-refractivity contribution in [1.82, 2.24) is 15.2 Å². The number of aromatic amines is 1. The molecule has 5 nitrogen and oxygen atoms in total. The van der Waals surface area contributed by atoms with Gasteiger partial charge in [-0.15, -0.1) is 0 Å². The number of amides is 1. The van der Waals surface area contributed by atoms with Crippen molar-refractivity contribution in [2.45, 2.75) is 13.5 Å². The van der Waals surface area contributed by atoms with Crippen molar-refractivity contribution in [3.8, 4) is 0 Å². The molecule has 0 atom stereocenters. The van der Waals surface area contributed by atoms with Gasteiger partial charge in [0, 0.05) is 41.3 Å². The third kappa shape index (κ3) is 3.68. The summed E-state index contributed by atoms with van der Waals surface area (Å²) < 4.78 is 0. The van der Waals surface area contributed by atoms with E-state index in [1.807, 2.05) is 55.3 Å². The minimum absolute atomic E-state index is 0.101. The fourth-order valence-electron chi connectivity index (χ4n) is 3.23. The van der Waals surface area contributed by atoms with E-state index in [2.05, 4.69) is 10.3 Å². The molecule has 0 bridgehead atoms. The number of hydrogen-bond acceptors (Lipinski definition) is 3. The highest BCUT2D eigenvalue weighted by molar-refractivity contribution is 6.10. The van der Waals surface area contributed by atoms with Crippen molar-refractivity contribution in [3.63, 3.8) is 0 Å². The molecule has 0 radical (unpaired) electrons. The van der Waals surface area contributed by atoms with Gasteiger partial charge in [0.2, 0.25) is 0 Å². The van der Waals surface area contributed by atoms with Gasteiger partial charge in [0.05, 0.1) is 6.54 Å². The van der Waals surface area contributed by atoms with Crippen LogP contribution in [0.1, 0.15) is 32.0 Å². The number of rotatable bonds is 6. The van der Waals surface area contributed by atoms with E-state index in [0.29, 0.717) is 18.7 Å². The number of aryl methyl sites for hydroxylation is 1. The van der Waals surface area contributed by atoms with Crippen LogP contribution in [0.15, 0.2) is 48.5 Å². The van der Waals surface area contributed by atoms with Gasteiger partial charge in [-0.05, 0) is 37.7 Å². The molecule has 1 amide bonds. The summed E-state index contributed by atoms with van der Waals surface area (Å²) in [6, 6.07) is 15.3. The zero-order chi connectivity index (χ0) is 18.7. The molecule has 3 rings (SSSR count). The van der Waals surface area contributed by atoms with Crippen LogP contribution in [0.3, 0.4) is 0 Å². The van der Waals surface area contributed by atoms with Crippen LogP contribution < -0.4 is 5.32 Å². The predicted molar refractivity (Wildman–Crippen MR) is 104 cm³/mol. The summed E-state index contributed by atoms with van der Waals surface area (Å²) in [5, 5.41) is 3.58. The number of Topliss-reactive ketones (excluding diaryl/α,β-unsaturated/α-hetero) is 1. The van der Waals surface area contributed by atoms with Crippen molar-refractivity contribution < 1.29 is 9.59 Å². The molecule has 0 saturated heterocycles. The average molecular weight is 349 g/mol. The SMILES string of the molecule is CNC(=O)c1ccc(CN(C)CC(=O)c2c(C)[nH]c3ccccc23)cc1. The highest BCUT2D eigenvalue weighted by atomic mass is 16.1. The van der Waals surface area contributed by atoms with E-state index in [-0.39, 0.29) is 11.7 Å². The molecule has 134 valence electrons. The predicted octanol–water partition coefficient (Wildman–Crippen LogP) is 3.15. The lowest BCUT2D eigenvalue weighted by Crippen LogP contribution is -2.26. The second-order valence-corrected chi connectivity index (χ2v) is 6.54. The summed E-state index contributed by atoms with van der Waals surface area (Å²) in [5.41, 5.74) is 4.34. The molecule has 0 aliphatic carbocycles. The maximum Gasteiger partial charge on any atom is 0.251 e. The van der Waals surface area contributed by atoms with Crippen molar-refractivity contribution >= 4 is 22.6 Å². The van der Waals surface area contributed by atoms with Crippen molar-refractivity contribution in [2.75, 3.05) is 20.6 Å². The lowest BCUT2D eigenvalue weighted by Gasteiger charge is -2.16. The monoisotopic (exact) mass is 349 g/mol. The second-order valence-electron chi connectivity index (χ2n) is 6.54. The van der Waals surface area contributed by atoms with Gasteiger partial charge in [-0.2, -0.15) is 0 Å². The van der Waals surface area contributed by atoms with Crippen LogP contribution in [-0.2, 0) is 6.54 Å². The van der Waals surface area contributed by atoms with Crippen LogP contribution >= 0.6 is 0 Å². The van der Waals surface area contributed by atoms with Gasteiger partial charge < -0.3 is 10.3 Å². The van der Waals surface area contributed by atoms with E-state index >= 15 is 0 Å². The first kappa shape index (κ1) is 17.9. The smallest absolute Gasteiger partial charge is 0.251 e. The number of H-pyrrole nitrogens is 1. The number of para-hydroxylation sites is 1. The van der Waals surface area contributed by atoms with E-state index in [1.165, 1.54) is 0 Å². The number of fused-ring (bicyclic) bond motifs is 1. The summed E-state index contributed by atoms with van der Waals surface area (Å²) >= 11 is 0. The van der Waals surface area contributed by atoms with Crippen LogP contribution in [0.2, 0.25) is 0 Å². The Kier molecular flexibility index (Phi) is 5.19. The average Bonchev–Trinajstić information content (AvgIpc) is 2.97. The standard InChI is InChI=1S/C21H23N3O2/c1-14-20(17-6-4-5-7-18(17)23-14)19(25)13-24(3)12-15-8-10-16(11-9-15)21(26)22-2/h4-11,23H,12-13H2,1-3H3,(H,22,26). The maximum atomic E-state index is 12.8. The first-order valence-corrected chi connectivity index (χ1v) is 8.59. The number of carbonyl (C=O) groups is 2. The highest BCUT2D eigenvalue weighted by Gasteiger charge is 2.17.